The predicted octanol–water partition coefficient (Wildman–Crippen LogP) is 3.29. The number of hydrogen-bond acceptors (Lipinski definition) is 12. The zero-order valence-electron chi connectivity index (χ0n) is 33.4. The van der Waals surface area contributed by atoms with Crippen molar-refractivity contribution in [3.8, 4) is 11.4 Å². The van der Waals surface area contributed by atoms with Gasteiger partial charge in [-0.3, -0.25) is 23.3 Å². The molecule has 4 aliphatic rings. The quantitative estimate of drug-likeness (QED) is 0.119. The average molecular weight is 929 g/mol. The average Bonchev–Trinajstić information content (AvgIpc) is 3.76. The third kappa shape index (κ3) is 8.47. The van der Waals surface area contributed by atoms with Gasteiger partial charge in [0.1, 0.15) is 34.4 Å². The molecule has 340 valence electrons. The molecule has 0 amide bonds. The van der Waals surface area contributed by atoms with E-state index in [2.05, 4.69) is 9.97 Å². The van der Waals surface area contributed by atoms with Crippen LogP contribution in [0.15, 0.2) is 70.5 Å². The van der Waals surface area contributed by atoms with Crippen LogP contribution >= 0.6 is 0 Å². The normalized spacial score (nSPS) is 21.6. The molecule has 4 fully saturated rings. The Balaban J connectivity index is 0.000000161. The topological polar surface area (TPSA) is 257 Å². The fourth-order valence-corrected chi connectivity index (χ4v) is 8.39. The number of halogens is 6. The molecule has 24 heteroatoms. The lowest BCUT2D eigenvalue weighted by molar-refractivity contribution is 0.0684. The lowest BCUT2D eigenvalue weighted by Crippen LogP contribution is -2.30. The van der Waals surface area contributed by atoms with Gasteiger partial charge in [0.15, 0.2) is 34.6 Å². The highest BCUT2D eigenvalue weighted by Gasteiger charge is 2.55. The fraction of sp³-hybridized carbons (Fsp3) is 0.268. The molecule has 2 aliphatic carbocycles. The van der Waals surface area contributed by atoms with E-state index in [4.69, 9.17) is 16.0 Å². The molecular weight excluding hydrogens is 895 g/mol. The van der Waals surface area contributed by atoms with Crippen molar-refractivity contribution < 1.29 is 59.1 Å². The number of aromatic carboxylic acids is 2. The molecular formula is C41H34F6N8O9S. The molecule has 6 heterocycles. The summed E-state index contributed by atoms with van der Waals surface area (Å²) in [5.41, 5.74) is 7.88. The Morgan fingerprint density at radius 2 is 0.938 bits per heavy atom. The van der Waals surface area contributed by atoms with Crippen molar-refractivity contribution in [2.45, 2.75) is 12.1 Å². The van der Waals surface area contributed by atoms with Crippen LogP contribution in [0.3, 0.4) is 0 Å². The van der Waals surface area contributed by atoms with Crippen LogP contribution in [0.5, 0.6) is 0 Å². The summed E-state index contributed by atoms with van der Waals surface area (Å²) < 4.78 is 113. The number of nitrogens with two attached hydrogens (primary N) is 2. The van der Waals surface area contributed by atoms with Crippen LogP contribution in [-0.4, -0.2) is 98.7 Å². The number of rotatable bonds is 6. The Morgan fingerprint density at radius 3 is 1.23 bits per heavy atom. The van der Waals surface area contributed by atoms with E-state index >= 15 is 0 Å². The molecule has 10 rings (SSSR count). The van der Waals surface area contributed by atoms with Gasteiger partial charge in [-0.05, 0) is 60.1 Å². The van der Waals surface area contributed by atoms with E-state index in [1.165, 1.54) is 0 Å². The smallest absolute Gasteiger partial charge is 0.341 e. The highest BCUT2D eigenvalue weighted by atomic mass is 32.2. The first-order chi connectivity index (χ1) is 30.5. The maximum atomic E-state index is 14.8. The minimum atomic E-state index is -3.67. The summed E-state index contributed by atoms with van der Waals surface area (Å²) in [5, 5.41) is 18.1. The van der Waals surface area contributed by atoms with Gasteiger partial charge in [-0.15, -0.1) is 0 Å². The summed E-state index contributed by atoms with van der Waals surface area (Å²) in [6.07, 6.45) is 2.54. The lowest BCUT2D eigenvalue weighted by Gasteiger charge is -2.22. The standard InChI is InChI=1S/2C20H15F3N4O3.CH4O3S/c2*21-8-1-2-15(13(22)3-8)27-7-12(20(29)30)17(28)9-4-14(23)19(25-18(9)27)26-5-10-11(6-26)16(10)24;1-5(2,3)4/h2*1-4,7,10-11,16H,5-6,24H2,(H,29,30);1H3,(H,2,3,4)/t2*10-,11+,16+;. The molecule has 2 saturated carbocycles. The van der Waals surface area contributed by atoms with Gasteiger partial charge >= 0.3 is 11.9 Å². The van der Waals surface area contributed by atoms with Crippen molar-refractivity contribution >= 4 is 55.8 Å². The van der Waals surface area contributed by atoms with Crippen LogP contribution < -0.4 is 32.1 Å². The van der Waals surface area contributed by atoms with Crippen molar-refractivity contribution in [3.05, 3.63) is 127 Å². The van der Waals surface area contributed by atoms with Gasteiger partial charge in [-0.1, -0.05) is 0 Å². The Labute approximate surface area is 361 Å². The number of pyridine rings is 4. The zero-order chi connectivity index (χ0) is 47.1. The van der Waals surface area contributed by atoms with Crippen LogP contribution in [0.4, 0.5) is 38.0 Å². The van der Waals surface area contributed by atoms with E-state index in [1.807, 2.05) is 0 Å². The summed E-state index contributed by atoms with van der Waals surface area (Å²) in [4.78, 5) is 60.1. The number of fused-ring (bicyclic) bond motifs is 4. The predicted molar refractivity (Wildman–Crippen MR) is 220 cm³/mol. The van der Waals surface area contributed by atoms with Gasteiger partial charge in [0.2, 0.25) is 10.9 Å². The number of aromatic nitrogens is 4. The van der Waals surface area contributed by atoms with Crippen LogP contribution in [0.1, 0.15) is 20.7 Å². The number of carboxylic acid groups (broad SMARTS) is 2. The van der Waals surface area contributed by atoms with Gasteiger partial charge in [0.05, 0.1) is 28.4 Å². The molecule has 0 bridgehead atoms. The molecule has 17 nitrogen and oxygen atoms in total. The van der Waals surface area contributed by atoms with Crippen LogP contribution in [0.25, 0.3) is 33.4 Å². The van der Waals surface area contributed by atoms with E-state index in [1.54, 1.807) is 9.80 Å². The van der Waals surface area contributed by atoms with Crippen molar-refractivity contribution in [1.29, 1.82) is 0 Å². The number of carbonyl (C=O) groups is 2. The molecule has 2 saturated heterocycles. The van der Waals surface area contributed by atoms with E-state index in [-0.39, 0.29) is 80.8 Å². The van der Waals surface area contributed by atoms with E-state index < -0.39 is 78.9 Å². The van der Waals surface area contributed by atoms with Gasteiger partial charge in [-0.2, -0.15) is 8.42 Å². The maximum absolute atomic E-state index is 14.8. The van der Waals surface area contributed by atoms with Crippen molar-refractivity contribution in [3.63, 3.8) is 0 Å². The zero-order valence-corrected chi connectivity index (χ0v) is 34.2. The molecule has 65 heavy (non-hydrogen) atoms. The molecule has 0 radical (unpaired) electrons. The highest BCUT2D eigenvalue weighted by Crippen LogP contribution is 2.46. The SMILES string of the molecule is CS(=O)(=O)O.N[C@@H]1[C@H]2CN(c3nc4c(cc3F)c(=O)c(C(=O)O)cn4-c3ccc(F)cc3F)C[C@@H]12.N[C@@H]1[C@H]2CN(c3nc4c(cc3F)c(=O)c(C(=O)O)cn4-c3ccc(F)cc3F)C[C@@H]12. The van der Waals surface area contributed by atoms with Crippen LogP contribution in [0.2, 0.25) is 0 Å². The third-order valence-corrected chi connectivity index (χ3v) is 11.7. The Bertz CT molecular complexity index is 3020. The van der Waals surface area contributed by atoms with Crippen molar-refractivity contribution in [2.24, 2.45) is 35.1 Å². The molecule has 2 aliphatic heterocycles. The molecule has 0 unspecified atom stereocenters. The third-order valence-electron chi connectivity index (χ3n) is 11.7. The van der Waals surface area contributed by atoms with Gasteiger partial charge in [0, 0.05) is 62.8 Å². The minimum absolute atomic E-state index is 0.0272. The monoisotopic (exact) mass is 928 g/mol. The highest BCUT2D eigenvalue weighted by molar-refractivity contribution is 7.85. The first-order valence-electron chi connectivity index (χ1n) is 19.3. The molecule has 4 aromatic heterocycles. The van der Waals surface area contributed by atoms with Gasteiger partial charge in [0.25, 0.3) is 10.1 Å². The summed E-state index contributed by atoms with van der Waals surface area (Å²) in [7, 11) is -3.67. The summed E-state index contributed by atoms with van der Waals surface area (Å²) in [6, 6.07) is 7.39. The summed E-state index contributed by atoms with van der Waals surface area (Å²) in [6.45, 7) is 2.01. The van der Waals surface area contributed by atoms with Crippen molar-refractivity contribution in [1.82, 2.24) is 19.1 Å². The second kappa shape index (κ2) is 16.3. The molecule has 6 atom stereocenters. The van der Waals surface area contributed by atoms with E-state index in [0.29, 0.717) is 44.6 Å². The second-order valence-electron chi connectivity index (χ2n) is 16.0. The number of hydrogen-bond donors (Lipinski definition) is 5. The first-order valence-corrected chi connectivity index (χ1v) is 21.2. The fourth-order valence-electron chi connectivity index (χ4n) is 8.39. The number of nitrogens with zero attached hydrogens (tertiary/aromatic N) is 6. The molecule has 0 spiro atoms. The lowest BCUT2D eigenvalue weighted by atomic mass is 10.1. The summed E-state index contributed by atoms with van der Waals surface area (Å²) >= 11 is 0. The summed E-state index contributed by atoms with van der Waals surface area (Å²) in [5.74, 6) is -7.41. The van der Waals surface area contributed by atoms with E-state index in [9.17, 15) is 64.2 Å². The Hall–Kier alpha value is -6.89. The van der Waals surface area contributed by atoms with Gasteiger partial charge in [-0.25, -0.2) is 45.9 Å². The second-order valence-corrected chi connectivity index (χ2v) is 17.4. The minimum Gasteiger partial charge on any atom is -0.477 e. The number of piperidine rings is 2. The van der Waals surface area contributed by atoms with Crippen LogP contribution in [-0.2, 0) is 10.1 Å². The Morgan fingerprint density at radius 1 is 0.615 bits per heavy atom. The largest absolute Gasteiger partial charge is 0.477 e. The molecule has 6 aromatic rings. The Kier molecular flexibility index (Phi) is 11.2. The number of carboxylic acids is 2. The number of anilines is 2. The first kappa shape index (κ1) is 44.7. The van der Waals surface area contributed by atoms with Gasteiger partial charge < -0.3 is 31.5 Å². The van der Waals surface area contributed by atoms with Crippen molar-refractivity contribution in [2.75, 3.05) is 42.2 Å². The van der Waals surface area contributed by atoms with Crippen LogP contribution in [0, 0.1) is 58.6 Å². The molecule has 7 N–H and O–H groups in total. The van der Waals surface area contributed by atoms with E-state index in [0.717, 1.165) is 57.9 Å². The number of benzene rings is 2. The molecule has 2 aromatic carbocycles. The maximum Gasteiger partial charge on any atom is 0.341 e.